The summed E-state index contributed by atoms with van der Waals surface area (Å²) in [7, 11) is -0.700. The number of hydrogen-bond donors (Lipinski definition) is 1. The van der Waals surface area contributed by atoms with Crippen LogP contribution in [0.5, 0.6) is 0 Å². The molecule has 1 rings (SSSR count). The first-order chi connectivity index (χ1) is 5.33. The van der Waals surface area contributed by atoms with E-state index in [1.54, 1.807) is 0 Å². The van der Waals surface area contributed by atoms with Crippen molar-refractivity contribution in [2.45, 2.75) is 6.42 Å². The van der Waals surface area contributed by atoms with Crippen molar-refractivity contribution in [2.75, 3.05) is 24.7 Å². The molecule has 1 saturated heterocycles. The van der Waals surface area contributed by atoms with Gasteiger partial charge in [-0.2, -0.15) is 0 Å². The first-order valence-corrected chi connectivity index (χ1v) is 5.04. The molecule has 0 aromatic carbocycles. The molecule has 2 N–H and O–H groups in total. The number of hydrogen-bond acceptors (Lipinski definition) is 4. The minimum atomic E-state index is -0.700. The first-order valence-electron chi connectivity index (χ1n) is 3.55. The maximum atomic E-state index is 10.8. The van der Waals surface area contributed by atoms with Crippen LogP contribution in [-0.4, -0.2) is 34.6 Å². The zero-order chi connectivity index (χ0) is 8.10. The zero-order valence-corrected chi connectivity index (χ0v) is 7.10. The molecule has 1 aliphatic rings. The van der Waals surface area contributed by atoms with Gasteiger partial charge in [0.25, 0.3) is 0 Å². The number of oxime groups is 1. The van der Waals surface area contributed by atoms with E-state index < -0.39 is 10.8 Å². The lowest BCUT2D eigenvalue weighted by Crippen LogP contribution is -2.07. The van der Waals surface area contributed by atoms with Crippen molar-refractivity contribution < 1.29 is 9.05 Å². The zero-order valence-electron chi connectivity index (χ0n) is 6.28. The van der Waals surface area contributed by atoms with Crippen LogP contribution in [-0.2, 0) is 15.6 Å². The van der Waals surface area contributed by atoms with E-state index in [0.717, 1.165) is 17.9 Å². The fraction of sp³-hybridized carbons (Fsp3) is 0.833. The molecule has 1 atom stereocenters. The standard InChI is InChI=1S/C6H12N2O2S/c7-2-3-10-8-6-1-4-11(9)5-6/h1-5,7H2/b8-6+. The van der Waals surface area contributed by atoms with E-state index in [1.165, 1.54) is 0 Å². The Morgan fingerprint density at radius 2 is 2.55 bits per heavy atom. The summed E-state index contributed by atoms with van der Waals surface area (Å²) in [4.78, 5) is 4.84. The highest BCUT2D eigenvalue weighted by Crippen LogP contribution is 2.03. The lowest BCUT2D eigenvalue weighted by molar-refractivity contribution is 0.152. The van der Waals surface area contributed by atoms with Gasteiger partial charge in [0.1, 0.15) is 6.61 Å². The van der Waals surface area contributed by atoms with Crippen molar-refractivity contribution in [3.05, 3.63) is 0 Å². The second-order valence-corrected chi connectivity index (χ2v) is 3.89. The van der Waals surface area contributed by atoms with Crippen LogP contribution in [0.3, 0.4) is 0 Å². The average molecular weight is 176 g/mol. The predicted molar refractivity (Wildman–Crippen MR) is 44.9 cm³/mol. The third kappa shape index (κ3) is 2.98. The third-order valence-electron chi connectivity index (χ3n) is 1.35. The molecule has 5 heteroatoms. The summed E-state index contributed by atoms with van der Waals surface area (Å²) < 4.78 is 10.8. The second kappa shape index (κ2) is 4.46. The van der Waals surface area contributed by atoms with E-state index in [1.807, 2.05) is 0 Å². The Kier molecular flexibility index (Phi) is 3.51. The molecular weight excluding hydrogens is 164 g/mol. The van der Waals surface area contributed by atoms with Gasteiger partial charge < -0.3 is 10.6 Å². The van der Waals surface area contributed by atoms with Gasteiger partial charge in [0.15, 0.2) is 0 Å². The van der Waals surface area contributed by atoms with Crippen LogP contribution < -0.4 is 5.73 Å². The molecule has 64 valence electrons. The Hall–Kier alpha value is -0.420. The van der Waals surface area contributed by atoms with Crippen molar-refractivity contribution >= 4 is 16.5 Å². The van der Waals surface area contributed by atoms with E-state index in [-0.39, 0.29) is 0 Å². The molecule has 4 nitrogen and oxygen atoms in total. The minimum absolute atomic E-state index is 0.441. The van der Waals surface area contributed by atoms with Gasteiger partial charge in [-0.3, -0.25) is 4.21 Å². The minimum Gasteiger partial charge on any atom is -0.394 e. The largest absolute Gasteiger partial charge is 0.394 e. The topological polar surface area (TPSA) is 64.7 Å². The molecular formula is C6H12N2O2S. The van der Waals surface area contributed by atoms with Gasteiger partial charge in [-0.1, -0.05) is 5.16 Å². The van der Waals surface area contributed by atoms with Gasteiger partial charge in [0.2, 0.25) is 0 Å². The Morgan fingerprint density at radius 1 is 1.73 bits per heavy atom. The van der Waals surface area contributed by atoms with E-state index in [9.17, 15) is 4.21 Å². The summed E-state index contributed by atoms with van der Waals surface area (Å²) >= 11 is 0. The average Bonchev–Trinajstić information content (AvgIpc) is 2.37. The quantitative estimate of drug-likeness (QED) is 0.464. The third-order valence-corrected chi connectivity index (χ3v) is 2.66. The van der Waals surface area contributed by atoms with Crippen LogP contribution in [0.1, 0.15) is 6.42 Å². The van der Waals surface area contributed by atoms with Crippen molar-refractivity contribution in [2.24, 2.45) is 10.9 Å². The van der Waals surface area contributed by atoms with Gasteiger partial charge in [-0.05, 0) is 0 Å². The van der Waals surface area contributed by atoms with E-state index in [2.05, 4.69) is 5.16 Å². The van der Waals surface area contributed by atoms with Gasteiger partial charge in [0.05, 0.1) is 11.5 Å². The Balaban J connectivity index is 2.25. The van der Waals surface area contributed by atoms with Gasteiger partial charge in [0, 0.05) is 29.5 Å². The number of rotatable bonds is 3. The SMILES string of the molecule is NCCO/N=C1\CCS(=O)C1. The van der Waals surface area contributed by atoms with Crippen LogP contribution in [0.4, 0.5) is 0 Å². The van der Waals surface area contributed by atoms with E-state index in [4.69, 9.17) is 10.6 Å². The molecule has 1 fully saturated rings. The Morgan fingerprint density at radius 3 is 3.09 bits per heavy atom. The molecule has 11 heavy (non-hydrogen) atoms. The van der Waals surface area contributed by atoms with Gasteiger partial charge in [-0.15, -0.1) is 0 Å². The summed E-state index contributed by atoms with van der Waals surface area (Å²) in [5.41, 5.74) is 6.09. The summed E-state index contributed by atoms with van der Waals surface area (Å²) in [6.07, 6.45) is 0.803. The Labute approximate surface area is 68.2 Å². The second-order valence-electron chi connectivity index (χ2n) is 2.32. The maximum Gasteiger partial charge on any atom is 0.129 e. The molecule has 1 unspecified atom stereocenters. The normalized spacial score (nSPS) is 27.7. The summed E-state index contributed by atoms with van der Waals surface area (Å²) in [5, 5.41) is 3.81. The van der Waals surface area contributed by atoms with Crippen molar-refractivity contribution in [1.82, 2.24) is 0 Å². The highest BCUT2D eigenvalue weighted by molar-refractivity contribution is 7.86. The van der Waals surface area contributed by atoms with Crippen molar-refractivity contribution in [3.8, 4) is 0 Å². The highest BCUT2D eigenvalue weighted by Gasteiger charge is 2.15. The van der Waals surface area contributed by atoms with Crippen LogP contribution in [0.15, 0.2) is 5.16 Å². The molecule has 0 radical (unpaired) electrons. The van der Waals surface area contributed by atoms with Crippen LogP contribution >= 0.6 is 0 Å². The van der Waals surface area contributed by atoms with Crippen LogP contribution in [0.25, 0.3) is 0 Å². The maximum absolute atomic E-state index is 10.8. The summed E-state index contributed by atoms with van der Waals surface area (Å²) in [6.45, 7) is 0.913. The fourth-order valence-corrected chi connectivity index (χ4v) is 2.00. The number of nitrogens with two attached hydrogens (primary N) is 1. The molecule has 0 spiro atoms. The van der Waals surface area contributed by atoms with Crippen LogP contribution in [0.2, 0.25) is 0 Å². The molecule has 0 aromatic rings. The van der Waals surface area contributed by atoms with Crippen molar-refractivity contribution in [1.29, 1.82) is 0 Å². The predicted octanol–water partition coefficient (Wildman–Crippen LogP) is -0.530. The first kappa shape index (κ1) is 8.67. The van der Waals surface area contributed by atoms with E-state index >= 15 is 0 Å². The summed E-state index contributed by atoms with van der Waals surface area (Å²) in [6, 6.07) is 0. The van der Waals surface area contributed by atoms with E-state index in [0.29, 0.717) is 18.9 Å². The number of nitrogens with zero attached hydrogens (tertiary/aromatic N) is 1. The van der Waals surface area contributed by atoms with Crippen LogP contribution in [0, 0.1) is 0 Å². The molecule has 0 saturated carbocycles. The smallest absolute Gasteiger partial charge is 0.129 e. The monoisotopic (exact) mass is 176 g/mol. The molecule has 0 amide bonds. The molecule has 0 aromatic heterocycles. The highest BCUT2D eigenvalue weighted by atomic mass is 32.2. The fourth-order valence-electron chi connectivity index (χ4n) is 0.823. The Bertz CT molecular complexity index is 181. The lowest BCUT2D eigenvalue weighted by Gasteiger charge is -1.95. The van der Waals surface area contributed by atoms with Gasteiger partial charge >= 0.3 is 0 Å². The summed E-state index contributed by atoms with van der Waals surface area (Å²) in [5.74, 6) is 1.30. The lowest BCUT2D eigenvalue weighted by atomic mass is 10.3. The molecule has 1 heterocycles. The molecule has 0 aliphatic carbocycles. The molecule has 1 aliphatic heterocycles. The van der Waals surface area contributed by atoms with Gasteiger partial charge in [-0.25, -0.2) is 0 Å². The van der Waals surface area contributed by atoms with Crippen molar-refractivity contribution in [3.63, 3.8) is 0 Å². The molecule has 0 bridgehead atoms.